The first-order chi connectivity index (χ1) is 12.6. The molecular weight excluding hydrogens is 349 g/mol. The molecule has 3 rings (SSSR count). The second kappa shape index (κ2) is 8.75. The van der Waals surface area contributed by atoms with Crippen LogP contribution in [-0.2, 0) is 17.7 Å². The average molecular weight is 376 g/mol. The van der Waals surface area contributed by atoms with Crippen molar-refractivity contribution < 1.29 is 8.60 Å². The van der Waals surface area contributed by atoms with Crippen molar-refractivity contribution in [2.24, 2.45) is 0 Å². The first-order valence-electron chi connectivity index (χ1n) is 8.99. The van der Waals surface area contributed by atoms with E-state index in [0.717, 1.165) is 32.5 Å². The van der Waals surface area contributed by atoms with Crippen molar-refractivity contribution in [1.29, 1.82) is 0 Å². The zero-order chi connectivity index (χ0) is 18.5. The molecule has 4 nitrogen and oxygen atoms in total. The molecule has 2 aromatic carbocycles. The third-order valence-electron chi connectivity index (χ3n) is 4.79. The van der Waals surface area contributed by atoms with Crippen LogP contribution in [-0.4, -0.2) is 35.3 Å². The molecule has 1 atom stereocenters. The number of nitrogens with zero attached hydrogens (tertiary/aromatic N) is 2. The van der Waals surface area contributed by atoms with E-state index in [9.17, 15) is 8.60 Å². The van der Waals surface area contributed by atoms with Gasteiger partial charge in [-0.1, -0.05) is 35.9 Å². The highest BCUT2D eigenvalue weighted by Crippen LogP contribution is 2.26. The number of nitrogens with one attached hydrogen (secondary N) is 1. The number of hydrogen-bond acceptors (Lipinski definition) is 2. The van der Waals surface area contributed by atoms with Crippen LogP contribution in [0.25, 0.3) is 0 Å². The summed E-state index contributed by atoms with van der Waals surface area (Å²) >= 11 is -1.38. The van der Waals surface area contributed by atoms with E-state index >= 15 is 0 Å². The van der Waals surface area contributed by atoms with Crippen LogP contribution in [0.4, 0.5) is 10.1 Å². The molecule has 0 aromatic heterocycles. The largest absolute Gasteiger partial charge is 0.299 e. The molecule has 1 fully saturated rings. The van der Waals surface area contributed by atoms with E-state index in [2.05, 4.69) is 40.8 Å². The van der Waals surface area contributed by atoms with Crippen LogP contribution in [0, 0.1) is 12.7 Å². The molecule has 1 heterocycles. The summed E-state index contributed by atoms with van der Waals surface area (Å²) in [4.78, 5) is 2.43. The molecule has 1 aliphatic heterocycles. The Balaban J connectivity index is 1.67. The van der Waals surface area contributed by atoms with Gasteiger partial charge in [-0.05, 0) is 50.6 Å². The summed E-state index contributed by atoms with van der Waals surface area (Å²) in [5.74, 6) is -0.308. The summed E-state index contributed by atoms with van der Waals surface area (Å²) in [6.45, 7) is 4.92. The highest BCUT2D eigenvalue weighted by atomic mass is 32.2. The van der Waals surface area contributed by atoms with Crippen LogP contribution in [0.2, 0.25) is 0 Å². The Bertz CT molecular complexity index is 762. The smallest absolute Gasteiger partial charge is 0.196 e. The summed E-state index contributed by atoms with van der Waals surface area (Å²) < 4.78 is 30.8. The van der Waals surface area contributed by atoms with Crippen LogP contribution in [0.3, 0.4) is 0 Å². The van der Waals surface area contributed by atoms with Gasteiger partial charge in [-0.15, -0.1) is 0 Å². The molecule has 1 saturated heterocycles. The quantitative estimate of drug-likeness (QED) is 0.840. The zero-order valence-corrected chi connectivity index (χ0v) is 16.1. The lowest BCUT2D eigenvalue weighted by Gasteiger charge is -2.38. The van der Waals surface area contributed by atoms with Gasteiger partial charge in [-0.25, -0.2) is 13.3 Å². The Kier molecular flexibility index (Phi) is 6.40. The van der Waals surface area contributed by atoms with E-state index in [1.807, 2.05) is 10.4 Å². The van der Waals surface area contributed by atoms with Crippen LogP contribution in [0.1, 0.15) is 24.0 Å². The minimum Gasteiger partial charge on any atom is -0.299 e. The highest BCUT2D eigenvalue weighted by molar-refractivity contribution is 7.84. The first-order valence-corrected chi connectivity index (χ1v) is 10.1. The molecule has 26 heavy (non-hydrogen) atoms. The van der Waals surface area contributed by atoms with Gasteiger partial charge in [-0.3, -0.25) is 9.21 Å². The maximum absolute atomic E-state index is 13.6. The predicted molar refractivity (Wildman–Crippen MR) is 106 cm³/mol. The molecule has 2 aromatic rings. The predicted octanol–water partition coefficient (Wildman–Crippen LogP) is 3.40. The second-order valence-corrected chi connectivity index (χ2v) is 8.06. The van der Waals surface area contributed by atoms with Crippen molar-refractivity contribution >= 4 is 16.9 Å². The highest BCUT2D eigenvalue weighted by Gasteiger charge is 2.28. The van der Waals surface area contributed by atoms with Crippen molar-refractivity contribution in [3.05, 3.63) is 65.5 Å². The molecule has 0 bridgehead atoms. The fourth-order valence-electron chi connectivity index (χ4n) is 3.53. The van der Waals surface area contributed by atoms with Gasteiger partial charge >= 0.3 is 0 Å². The summed E-state index contributed by atoms with van der Waals surface area (Å²) in [5, 5.41) is 0. The molecule has 0 spiro atoms. The molecule has 0 amide bonds. The molecule has 1 unspecified atom stereocenters. The Morgan fingerprint density at radius 2 is 1.92 bits per heavy atom. The molecule has 6 heteroatoms. The van der Waals surface area contributed by atoms with Gasteiger partial charge in [-0.2, -0.15) is 0 Å². The van der Waals surface area contributed by atoms with Crippen molar-refractivity contribution in [2.75, 3.05) is 24.4 Å². The Labute approximate surface area is 157 Å². The maximum Gasteiger partial charge on any atom is 0.196 e. The average Bonchev–Trinajstić information content (AvgIpc) is 2.63. The minimum atomic E-state index is -1.38. The number of likely N-dealkylation sites (tertiary alicyclic amines) is 1. The van der Waals surface area contributed by atoms with Crippen LogP contribution in [0.15, 0.2) is 48.5 Å². The van der Waals surface area contributed by atoms with E-state index in [4.69, 9.17) is 0 Å². The monoisotopic (exact) mass is 375 g/mol. The van der Waals surface area contributed by atoms with E-state index in [1.54, 1.807) is 13.1 Å². The Hall–Kier alpha value is -1.76. The molecule has 140 valence electrons. The Morgan fingerprint density at radius 3 is 2.58 bits per heavy atom. The number of piperidine rings is 1. The topological polar surface area (TPSA) is 35.6 Å². The van der Waals surface area contributed by atoms with Gasteiger partial charge in [0.1, 0.15) is 5.82 Å². The molecule has 0 saturated carbocycles. The normalized spacial score (nSPS) is 17.2. The van der Waals surface area contributed by atoms with Gasteiger partial charge in [0.2, 0.25) is 0 Å². The number of anilines is 1. The van der Waals surface area contributed by atoms with Gasteiger partial charge < -0.3 is 0 Å². The first kappa shape index (κ1) is 19.0. The van der Waals surface area contributed by atoms with Crippen molar-refractivity contribution in [1.82, 2.24) is 9.62 Å². The lowest BCUT2D eigenvalue weighted by atomic mass is 10.0. The summed E-state index contributed by atoms with van der Waals surface area (Å²) in [5.41, 5.74) is 3.26. The van der Waals surface area contributed by atoms with Gasteiger partial charge in [0.05, 0.1) is 5.69 Å². The molecular formula is C20H26FN3OS. The van der Waals surface area contributed by atoms with E-state index in [-0.39, 0.29) is 11.9 Å². The van der Waals surface area contributed by atoms with Crippen molar-refractivity contribution in [2.45, 2.75) is 32.4 Å². The van der Waals surface area contributed by atoms with Gasteiger partial charge in [0, 0.05) is 25.7 Å². The number of hydrogen-bond donors (Lipinski definition) is 1. The van der Waals surface area contributed by atoms with Crippen molar-refractivity contribution in [3.63, 3.8) is 0 Å². The summed E-state index contributed by atoms with van der Waals surface area (Å²) in [6, 6.07) is 15.1. The lowest BCUT2D eigenvalue weighted by molar-refractivity contribution is 0.207. The maximum atomic E-state index is 13.6. The number of aryl methyl sites for hydroxylation is 1. The fourth-order valence-corrected chi connectivity index (χ4v) is 4.52. The summed E-state index contributed by atoms with van der Waals surface area (Å²) in [7, 11) is 1.66. The van der Waals surface area contributed by atoms with Crippen LogP contribution in [0.5, 0.6) is 0 Å². The number of rotatable bonds is 6. The zero-order valence-electron chi connectivity index (χ0n) is 15.3. The van der Waals surface area contributed by atoms with E-state index in [0.29, 0.717) is 5.69 Å². The minimum absolute atomic E-state index is 0.124. The third kappa shape index (κ3) is 4.69. The molecule has 0 aliphatic carbocycles. The SMILES string of the molecule is CNS(=O)N(c1cccc(F)c1)C1CCN(Cc2cccc(C)c2)CC1. The Morgan fingerprint density at radius 1 is 1.19 bits per heavy atom. The van der Waals surface area contributed by atoms with Gasteiger partial charge in [0.15, 0.2) is 11.2 Å². The molecule has 1 N–H and O–H groups in total. The number of halogens is 1. The second-order valence-electron chi connectivity index (χ2n) is 6.76. The van der Waals surface area contributed by atoms with Gasteiger partial charge in [0.25, 0.3) is 0 Å². The fraction of sp³-hybridized carbons (Fsp3) is 0.400. The van der Waals surface area contributed by atoms with Crippen LogP contribution < -0.4 is 9.03 Å². The standard InChI is InChI=1S/C20H26FN3OS/c1-16-5-3-6-17(13-16)15-23-11-9-19(10-12-23)24(26(25)22-2)20-8-4-7-18(21)14-20/h3-8,13-14,19,22H,9-12,15H2,1-2H3. The molecule has 1 aliphatic rings. The van der Waals surface area contributed by atoms with Crippen molar-refractivity contribution in [3.8, 4) is 0 Å². The summed E-state index contributed by atoms with van der Waals surface area (Å²) in [6.07, 6.45) is 1.80. The molecule has 0 radical (unpaired) electrons. The van der Waals surface area contributed by atoms with E-state index < -0.39 is 11.2 Å². The number of benzene rings is 2. The van der Waals surface area contributed by atoms with Crippen LogP contribution >= 0.6 is 0 Å². The third-order valence-corrected chi connectivity index (χ3v) is 6.01. The lowest BCUT2D eigenvalue weighted by Crippen LogP contribution is -2.47. The van der Waals surface area contributed by atoms with E-state index in [1.165, 1.54) is 23.3 Å².